The summed E-state index contributed by atoms with van der Waals surface area (Å²) in [6.45, 7) is 2.53. The zero-order chi connectivity index (χ0) is 20.1. The number of nitrogens with one attached hydrogen (secondary N) is 1. The van der Waals surface area contributed by atoms with Crippen molar-refractivity contribution in [1.82, 2.24) is 14.5 Å². The lowest BCUT2D eigenvalue weighted by atomic mass is 10.1. The molecular weight excluding hydrogens is 354 g/mol. The van der Waals surface area contributed by atoms with Crippen molar-refractivity contribution in [2.75, 3.05) is 0 Å². The third-order valence-electron chi connectivity index (χ3n) is 4.57. The van der Waals surface area contributed by atoms with Crippen LogP contribution >= 0.6 is 0 Å². The molecule has 1 aromatic heterocycles. The van der Waals surface area contributed by atoms with Gasteiger partial charge in [-0.25, -0.2) is 0 Å². The Balaban J connectivity index is 2.15. The summed E-state index contributed by atoms with van der Waals surface area (Å²) in [6.07, 6.45) is 0.625. The van der Waals surface area contributed by atoms with Crippen molar-refractivity contribution in [2.45, 2.75) is 26.4 Å². The Hall–Kier alpha value is -3.41. The number of amides is 1. The maximum Gasteiger partial charge on any atom is 0.317 e. The van der Waals surface area contributed by atoms with E-state index < -0.39 is 11.1 Å². The van der Waals surface area contributed by atoms with Crippen molar-refractivity contribution in [2.24, 2.45) is 7.05 Å². The van der Waals surface area contributed by atoms with Crippen LogP contribution in [0.25, 0.3) is 11.3 Å². The van der Waals surface area contributed by atoms with E-state index in [1.54, 1.807) is 0 Å². The molecule has 0 unspecified atom stereocenters. The molecule has 0 fully saturated rings. The standard InChI is InChI=1S/C22H23N3O3/c1-3-14-25-19(20(26)23-15-16-10-6-4-7-11-16)18(17-12-8-5-9-13-17)24(2)21(27)22(25)28/h4-13H,3,14-15H2,1-2H3,(H,23,26). The SMILES string of the molecule is CCCn1c(C(=O)NCc2ccccc2)c(-c2ccccc2)n(C)c(=O)c1=O. The van der Waals surface area contributed by atoms with Crippen molar-refractivity contribution in [3.8, 4) is 11.3 Å². The van der Waals surface area contributed by atoms with E-state index in [1.165, 1.54) is 16.2 Å². The number of benzene rings is 2. The monoisotopic (exact) mass is 377 g/mol. The van der Waals surface area contributed by atoms with Crippen LogP contribution in [0.5, 0.6) is 0 Å². The normalized spacial score (nSPS) is 10.6. The van der Waals surface area contributed by atoms with Gasteiger partial charge >= 0.3 is 11.1 Å². The lowest BCUT2D eigenvalue weighted by Crippen LogP contribution is -2.45. The number of rotatable bonds is 6. The molecule has 6 heteroatoms. The topological polar surface area (TPSA) is 73.1 Å². The second-order valence-corrected chi connectivity index (χ2v) is 6.55. The number of hydrogen-bond donors (Lipinski definition) is 1. The summed E-state index contributed by atoms with van der Waals surface area (Å²) in [6, 6.07) is 18.7. The molecule has 3 rings (SSSR count). The summed E-state index contributed by atoms with van der Waals surface area (Å²) >= 11 is 0. The Bertz CT molecular complexity index is 1080. The maximum absolute atomic E-state index is 13.1. The van der Waals surface area contributed by atoms with E-state index in [4.69, 9.17) is 0 Å². The molecule has 2 aromatic carbocycles. The van der Waals surface area contributed by atoms with Crippen molar-refractivity contribution in [1.29, 1.82) is 0 Å². The van der Waals surface area contributed by atoms with Crippen molar-refractivity contribution < 1.29 is 4.79 Å². The molecule has 0 bridgehead atoms. The van der Waals surface area contributed by atoms with E-state index in [0.29, 0.717) is 30.8 Å². The van der Waals surface area contributed by atoms with Crippen LogP contribution in [0.3, 0.4) is 0 Å². The fourth-order valence-corrected chi connectivity index (χ4v) is 3.20. The highest BCUT2D eigenvalue weighted by atomic mass is 16.2. The summed E-state index contributed by atoms with van der Waals surface area (Å²) in [4.78, 5) is 38.3. The molecule has 0 atom stereocenters. The zero-order valence-corrected chi connectivity index (χ0v) is 16.0. The first-order valence-electron chi connectivity index (χ1n) is 9.26. The van der Waals surface area contributed by atoms with Crippen LogP contribution in [0.4, 0.5) is 0 Å². The van der Waals surface area contributed by atoms with Gasteiger partial charge in [0.25, 0.3) is 5.91 Å². The Morgan fingerprint density at radius 3 is 2.14 bits per heavy atom. The first-order chi connectivity index (χ1) is 13.5. The largest absolute Gasteiger partial charge is 0.347 e. The summed E-state index contributed by atoms with van der Waals surface area (Å²) in [5.74, 6) is -0.385. The Morgan fingerprint density at radius 2 is 1.54 bits per heavy atom. The molecule has 0 aliphatic heterocycles. The second kappa shape index (κ2) is 8.52. The third-order valence-corrected chi connectivity index (χ3v) is 4.57. The molecule has 0 spiro atoms. The molecule has 0 aliphatic rings. The summed E-state index contributed by atoms with van der Waals surface area (Å²) < 4.78 is 2.56. The van der Waals surface area contributed by atoms with Gasteiger partial charge in [-0.3, -0.25) is 19.0 Å². The molecular formula is C22H23N3O3. The Kier molecular flexibility index (Phi) is 5.89. The van der Waals surface area contributed by atoms with Gasteiger partial charge in [0.1, 0.15) is 5.69 Å². The van der Waals surface area contributed by atoms with Crippen LogP contribution < -0.4 is 16.4 Å². The molecule has 144 valence electrons. The molecule has 0 saturated carbocycles. The van der Waals surface area contributed by atoms with E-state index >= 15 is 0 Å². The number of carbonyl (C=O) groups excluding carboxylic acids is 1. The average molecular weight is 377 g/mol. The summed E-state index contributed by atoms with van der Waals surface area (Å²) in [5.41, 5.74) is 0.962. The average Bonchev–Trinajstić information content (AvgIpc) is 2.73. The first kappa shape index (κ1) is 19.4. The Morgan fingerprint density at radius 1 is 0.929 bits per heavy atom. The van der Waals surface area contributed by atoms with Gasteiger partial charge in [-0.05, 0) is 12.0 Å². The van der Waals surface area contributed by atoms with Gasteiger partial charge in [0.05, 0.1) is 5.69 Å². The second-order valence-electron chi connectivity index (χ2n) is 6.55. The molecule has 0 saturated heterocycles. The number of hydrogen-bond acceptors (Lipinski definition) is 3. The highest BCUT2D eigenvalue weighted by molar-refractivity contribution is 5.98. The third kappa shape index (κ3) is 3.81. The summed E-state index contributed by atoms with van der Waals surface area (Å²) in [5, 5.41) is 2.88. The van der Waals surface area contributed by atoms with Gasteiger partial charge in [-0.1, -0.05) is 67.6 Å². The van der Waals surface area contributed by atoms with E-state index in [1.807, 2.05) is 67.6 Å². The predicted octanol–water partition coefficient (Wildman–Crippen LogP) is 2.55. The molecule has 0 aliphatic carbocycles. The van der Waals surface area contributed by atoms with Crippen LogP contribution in [0.1, 0.15) is 29.4 Å². The zero-order valence-electron chi connectivity index (χ0n) is 16.0. The van der Waals surface area contributed by atoms with Gasteiger partial charge < -0.3 is 9.88 Å². The van der Waals surface area contributed by atoms with Crippen molar-refractivity contribution in [3.05, 3.63) is 92.6 Å². The maximum atomic E-state index is 13.1. The van der Waals surface area contributed by atoms with E-state index in [9.17, 15) is 14.4 Å². The lowest BCUT2D eigenvalue weighted by Gasteiger charge is -2.19. The fourth-order valence-electron chi connectivity index (χ4n) is 3.20. The molecule has 1 N–H and O–H groups in total. The molecule has 1 heterocycles. The molecule has 1 amide bonds. The number of aromatic nitrogens is 2. The predicted molar refractivity (Wildman–Crippen MR) is 109 cm³/mol. The highest BCUT2D eigenvalue weighted by Crippen LogP contribution is 2.21. The minimum absolute atomic E-state index is 0.205. The fraction of sp³-hybridized carbons (Fsp3) is 0.227. The van der Waals surface area contributed by atoms with E-state index in [0.717, 1.165) is 5.56 Å². The number of nitrogens with zero attached hydrogens (tertiary/aromatic N) is 2. The quantitative estimate of drug-likeness (QED) is 0.671. The highest BCUT2D eigenvalue weighted by Gasteiger charge is 2.23. The molecule has 3 aromatic rings. The lowest BCUT2D eigenvalue weighted by molar-refractivity contribution is 0.0939. The van der Waals surface area contributed by atoms with Crippen molar-refractivity contribution in [3.63, 3.8) is 0 Å². The van der Waals surface area contributed by atoms with E-state index in [-0.39, 0.29) is 11.6 Å². The van der Waals surface area contributed by atoms with Gasteiger partial charge in [-0.15, -0.1) is 0 Å². The van der Waals surface area contributed by atoms with Crippen LogP contribution in [0.2, 0.25) is 0 Å². The molecule has 6 nitrogen and oxygen atoms in total. The van der Waals surface area contributed by atoms with Gasteiger partial charge in [-0.2, -0.15) is 0 Å². The summed E-state index contributed by atoms with van der Waals surface area (Å²) in [7, 11) is 1.52. The molecule has 28 heavy (non-hydrogen) atoms. The van der Waals surface area contributed by atoms with Crippen molar-refractivity contribution >= 4 is 5.91 Å². The first-order valence-corrected chi connectivity index (χ1v) is 9.26. The molecule has 0 radical (unpaired) electrons. The van der Waals surface area contributed by atoms with Crippen LogP contribution in [0.15, 0.2) is 70.3 Å². The minimum atomic E-state index is -0.686. The minimum Gasteiger partial charge on any atom is -0.347 e. The Labute approximate surface area is 163 Å². The van der Waals surface area contributed by atoms with Crippen LogP contribution in [0, 0.1) is 0 Å². The van der Waals surface area contributed by atoms with Crippen LogP contribution in [-0.2, 0) is 20.1 Å². The van der Waals surface area contributed by atoms with E-state index in [2.05, 4.69) is 5.32 Å². The van der Waals surface area contributed by atoms with Gasteiger partial charge in [0.15, 0.2) is 0 Å². The van der Waals surface area contributed by atoms with Gasteiger partial charge in [0.2, 0.25) is 0 Å². The van der Waals surface area contributed by atoms with Gasteiger partial charge in [0, 0.05) is 25.7 Å². The van der Waals surface area contributed by atoms with Crippen LogP contribution in [-0.4, -0.2) is 15.0 Å². The smallest absolute Gasteiger partial charge is 0.317 e. The number of carbonyl (C=O) groups is 1.